The van der Waals surface area contributed by atoms with Crippen molar-refractivity contribution >= 4 is 6.03 Å². The third-order valence-corrected chi connectivity index (χ3v) is 1.59. The van der Waals surface area contributed by atoms with E-state index in [1.54, 1.807) is 0 Å². The molecule has 64 valence electrons. The van der Waals surface area contributed by atoms with E-state index in [0.29, 0.717) is 6.54 Å². The molecule has 0 spiro atoms. The van der Waals surface area contributed by atoms with Gasteiger partial charge in [-0.1, -0.05) is 29.8 Å². The lowest BCUT2D eigenvalue weighted by Crippen LogP contribution is -2.28. The maximum Gasteiger partial charge on any atom is 0.312 e. The van der Waals surface area contributed by atoms with Crippen molar-refractivity contribution in [1.29, 1.82) is 0 Å². The molecule has 0 unspecified atom stereocenters. The molecule has 0 fully saturated rings. The van der Waals surface area contributed by atoms with Crippen LogP contribution in [0.3, 0.4) is 0 Å². The first-order chi connectivity index (χ1) is 5.68. The first kappa shape index (κ1) is 8.59. The topological polar surface area (TPSA) is 55.1 Å². The smallest absolute Gasteiger partial charge is 0.312 e. The molecule has 0 aliphatic rings. The van der Waals surface area contributed by atoms with E-state index < -0.39 is 6.03 Å². The molecular formula is C9H12N2O. The van der Waals surface area contributed by atoms with Crippen LogP contribution in [-0.4, -0.2) is 6.03 Å². The number of benzene rings is 1. The lowest BCUT2D eigenvalue weighted by molar-refractivity contribution is 0.248. The summed E-state index contributed by atoms with van der Waals surface area (Å²) in [4.78, 5) is 10.4. The maximum absolute atomic E-state index is 10.4. The summed E-state index contributed by atoms with van der Waals surface area (Å²) in [5.41, 5.74) is 7.18. The zero-order valence-electron chi connectivity index (χ0n) is 7.00. The van der Waals surface area contributed by atoms with E-state index in [1.165, 1.54) is 5.56 Å². The van der Waals surface area contributed by atoms with Gasteiger partial charge in [0.2, 0.25) is 0 Å². The molecule has 2 amide bonds. The summed E-state index contributed by atoms with van der Waals surface area (Å²) in [6, 6.07) is 7.43. The summed E-state index contributed by atoms with van der Waals surface area (Å²) in [7, 11) is 0. The van der Waals surface area contributed by atoms with Crippen LogP contribution in [0.5, 0.6) is 0 Å². The summed E-state index contributed by atoms with van der Waals surface area (Å²) >= 11 is 0. The molecule has 3 nitrogen and oxygen atoms in total. The summed E-state index contributed by atoms with van der Waals surface area (Å²) < 4.78 is 0. The number of hydrogen-bond acceptors (Lipinski definition) is 1. The van der Waals surface area contributed by atoms with Crippen LogP contribution < -0.4 is 11.1 Å². The van der Waals surface area contributed by atoms with Crippen LogP contribution in [0.2, 0.25) is 0 Å². The lowest BCUT2D eigenvalue weighted by atomic mass is 10.1. The third kappa shape index (κ3) is 2.62. The van der Waals surface area contributed by atoms with Crippen LogP contribution in [0.25, 0.3) is 0 Å². The standard InChI is InChI=1S/C9H12N2O/c1-7-2-4-8(5-3-7)6-11-9(10)12/h2-5H,6H2,1H3,(H3,10,11,12). The van der Waals surface area contributed by atoms with Crippen LogP contribution in [0.15, 0.2) is 24.3 Å². The van der Waals surface area contributed by atoms with Crippen molar-refractivity contribution in [2.75, 3.05) is 0 Å². The molecule has 12 heavy (non-hydrogen) atoms. The third-order valence-electron chi connectivity index (χ3n) is 1.59. The van der Waals surface area contributed by atoms with Gasteiger partial charge in [-0.2, -0.15) is 0 Å². The molecule has 0 aliphatic heterocycles. The van der Waals surface area contributed by atoms with Gasteiger partial charge in [0.1, 0.15) is 0 Å². The predicted octanol–water partition coefficient (Wildman–Crippen LogP) is 1.16. The molecule has 0 heterocycles. The van der Waals surface area contributed by atoms with E-state index in [4.69, 9.17) is 5.73 Å². The molecule has 0 saturated carbocycles. The number of amides is 2. The average Bonchev–Trinajstić information content (AvgIpc) is 2.03. The van der Waals surface area contributed by atoms with Gasteiger partial charge in [-0.15, -0.1) is 0 Å². The molecule has 0 bridgehead atoms. The molecule has 0 saturated heterocycles. The monoisotopic (exact) mass is 164 g/mol. The van der Waals surface area contributed by atoms with Crippen LogP contribution in [-0.2, 0) is 6.54 Å². The van der Waals surface area contributed by atoms with Gasteiger partial charge in [0, 0.05) is 6.54 Å². The highest BCUT2D eigenvalue weighted by molar-refractivity contribution is 5.71. The van der Waals surface area contributed by atoms with E-state index in [-0.39, 0.29) is 0 Å². The molecule has 1 aromatic carbocycles. The number of nitrogens with one attached hydrogen (secondary N) is 1. The SMILES string of the molecule is Cc1ccc(CNC(N)=O)cc1. The van der Waals surface area contributed by atoms with Gasteiger partial charge in [0.25, 0.3) is 0 Å². The minimum atomic E-state index is -0.490. The normalized spacial score (nSPS) is 9.42. The summed E-state index contributed by atoms with van der Waals surface area (Å²) in [6.07, 6.45) is 0. The van der Waals surface area contributed by atoms with Crippen molar-refractivity contribution in [2.24, 2.45) is 5.73 Å². The molecule has 1 rings (SSSR count). The highest BCUT2D eigenvalue weighted by Crippen LogP contribution is 2.01. The van der Waals surface area contributed by atoms with Gasteiger partial charge in [-0.3, -0.25) is 0 Å². The zero-order chi connectivity index (χ0) is 8.97. The Kier molecular flexibility index (Phi) is 2.69. The minimum Gasteiger partial charge on any atom is -0.352 e. The fraction of sp³-hybridized carbons (Fsp3) is 0.222. The minimum absolute atomic E-state index is 0.490. The van der Waals surface area contributed by atoms with E-state index in [2.05, 4.69) is 5.32 Å². The van der Waals surface area contributed by atoms with E-state index >= 15 is 0 Å². The molecule has 3 heteroatoms. The fourth-order valence-corrected chi connectivity index (χ4v) is 0.895. The van der Waals surface area contributed by atoms with Gasteiger partial charge >= 0.3 is 6.03 Å². The average molecular weight is 164 g/mol. The lowest BCUT2D eigenvalue weighted by Gasteiger charge is -2.01. The van der Waals surface area contributed by atoms with Crippen LogP contribution in [0.4, 0.5) is 4.79 Å². The molecule has 1 aromatic rings. The Balaban J connectivity index is 2.53. The van der Waals surface area contributed by atoms with Crippen LogP contribution in [0.1, 0.15) is 11.1 Å². The zero-order valence-corrected chi connectivity index (χ0v) is 7.00. The molecule has 0 atom stereocenters. The van der Waals surface area contributed by atoms with Crippen molar-refractivity contribution in [3.05, 3.63) is 35.4 Å². The second-order valence-electron chi connectivity index (χ2n) is 2.70. The summed E-state index contributed by atoms with van der Waals surface area (Å²) in [6.45, 7) is 2.51. The largest absolute Gasteiger partial charge is 0.352 e. The highest BCUT2D eigenvalue weighted by atomic mass is 16.2. The van der Waals surface area contributed by atoms with Crippen molar-refractivity contribution in [1.82, 2.24) is 5.32 Å². The summed E-state index contributed by atoms with van der Waals surface area (Å²) in [5.74, 6) is 0. The number of carbonyl (C=O) groups excluding carboxylic acids is 1. The van der Waals surface area contributed by atoms with E-state index in [1.807, 2.05) is 31.2 Å². The Morgan fingerprint density at radius 2 is 2.00 bits per heavy atom. The number of nitrogens with two attached hydrogens (primary N) is 1. The summed E-state index contributed by atoms with van der Waals surface area (Å²) in [5, 5.41) is 2.52. The first-order valence-corrected chi connectivity index (χ1v) is 3.77. The van der Waals surface area contributed by atoms with Gasteiger partial charge < -0.3 is 11.1 Å². The van der Waals surface area contributed by atoms with Crippen molar-refractivity contribution < 1.29 is 4.79 Å². The number of aryl methyl sites for hydroxylation is 1. The van der Waals surface area contributed by atoms with Gasteiger partial charge in [0.15, 0.2) is 0 Å². The van der Waals surface area contributed by atoms with Gasteiger partial charge in [-0.05, 0) is 12.5 Å². The van der Waals surface area contributed by atoms with Crippen molar-refractivity contribution in [2.45, 2.75) is 13.5 Å². The Labute approximate surface area is 71.6 Å². The van der Waals surface area contributed by atoms with E-state index in [0.717, 1.165) is 5.56 Å². The Bertz CT molecular complexity index is 266. The number of carbonyl (C=O) groups is 1. The van der Waals surface area contributed by atoms with Crippen LogP contribution in [0, 0.1) is 6.92 Å². The molecule has 0 aliphatic carbocycles. The van der Waals surface area contributed by atoms with E-state index in [9.17, 15) is 4.79 Å². The van der Waals surface area contributed by atoms with Crippen LogP contribution >= 0.6 is 0 Å². The quantitative estimate of drug-likeness (QED) is 0.677. The second-order valence-corrected chi connectivity index (χ2v) is 2.70. The Morgan fingerprint density at radius 3 is 2.50 bits per heavy atom. The predicted molar refractivity (Wildman–Crippen MR) is 47.6 cm³/mol. The first-order valence-electron chi connectivity index (χ1n) is 3.77. The van der Waals surface area contributed by atoms with Crippen molar-refractivity contribution in [3.63, 3.8) is 0 Å². The second kappa shape index (κ2) is 3.76. The van der Waals surface area contributed by atoms with Gasteiger partial charge in [-0.25, -0.2) is 4.79 Å². The Morgan fingerprint density at radius 1 is 1.42 bits per heavy atom. The number of urea groups is 1. The molecule has 0 aromatic heterocycles. The fourth-order valence-electron chi connectivity index (χ4n) is 0.895. The number of hydrogen-bond donors (Lipinski definition) is 2. The van der Waals surface area contributed by atoms with Crippen molar-refractivity contribution in [3.8, 4) is 0 Å². The Hall–Kier alpha value is -1.51. The number of rotatable bonds is 2. The molecule has 3 N–H and O–H groups in total. The molecular weight excluding hydrogens is 152 g/mol. The molecule has 0 radical (unpaired) electrons. The number of primary amides is 1. The maximum atomic E-state index is 10.4. The van der Waals surface area contributed by atoms with Gasteiger partial charge in [0.05, 0.1) is 0 Å². The highest BCUT2D eigenvalue weighted by Gasteiger charge is 1.93.